The third kappa shape index (κ3) is 2.01. The number of nitrogens with zero attached hydrogens (tertiary/aromatic N) is 1. The van der Waals surface area contributed by atoms with Gasteiger partial charge in [0.25, 0.3) is 0 Å². The van der Waals surface area contributed by atoms with E-state index in [1.54, 1.807) is 5.56 Å². The lowest BCUT2D eigenvalue weighted by molar-refractivity contribution is 0.219. The maximum Gasteiger partial charge on any atom is 0.0345 e. The molecule has 0 saturated heterocycles. The van der Waals surface area contributed by atoms with E-state index in [4.69, 9.17) is 0 Å². The van der Waals surface area contributed by atoms with Crippen LogP contribution in [0, 0.1) is 17.8 Å². The fourth-order valence-electron chi connectivity index (χ4n) is 4.79. The second-order valence-corrected chi connectivity index (χ2v) is 7.95. The van der Waals surface area contributed by atoms with Crippen LogP contribution in [0.2, 0.25) is 0 Å². The van der Waals surface area contributed by atoms with E-state index in [2.05, 4.69) is 48.6 Å². The third-order valence-electron chi connectivity index (χ3n) is 5.53. The normalized spacial score (nSPS) is 32.5. The summed E-state index contributed by atoms with van der Waals surface area (Å²) in [5.74, 6) is 3.61. The van der Waals surface area contributed by atoms with Crippen LogP contribution in [0.25, 0.3) is 10.1 Å². The Bertz CT molecular complexity index is 615. The Kier molecular flexibility index (Phi) is 3.12. The quantitative estimate of drug-likeness (QED) is 0.797. The number of hydrogen-bond donors (Lipinski definition) is 0. The van der Waals surface area contributed by atoms with Crippen LogP contribution in [-0.2, 0) is 0 Å². The molecule has 0 aliphatic heterocycles. The van der Waals surface area contributed by atoms with Gasteiger partial charge in [-0.3, -0.25) is 0 Å². The van der Waals surface area contributed by atoms with Crippen molar-refractivity contribution in [2.24, 2.45) is 17.8 Å². The fourth-order valence-corrected chi connectivity index (χ4v) is 5.63. The molecular formula is C18H23NS. The van der Waals surface area contributed by atoms with E-state index in [0.717, 1.165) is 23.7 Å². The summed E-state index contributed by atoms with van der Waals surface area (Å²) in [6.07, 6.45) is 4.41. The van der Waals surface area contributed by atoms with E-state index in [1.165, 1.54) is 35.9 Å². The molecule has 2 aromatic rings. The first-order chi connectivity index (χ1) is 9.72. The monoisotopic (exact) mass is 285 g/mol. The smallest absolute Gasteiger partial charge is 0.0345 e. The molecule has 106 valence electrons. The summed E-state index contributed by atoms with van der Waals surface area (Å²) < 4.78 is 1.47. The van der Waals surface area contributed by atoms with Crippen LogP contribution in [0.5, 0.6) is 0 Å². The topological polar surface area (TPSA) is 3.24 Å². The van der Waals surface area contributed by atoms with Gasteiger partial charge < -0.3 is 4.90 Å². The molecule has 4 atom stereocenters. The standard InChI is InChI=1S/C18H23NS/c1-19(2)11-16-13-4-6-14(9-13)18(16)15-5-3-12-7-8-20-17(12)10-15/h3,5,7-8,10,13-14,16,18H,4,6,9,11H2,1-2H3/t13-,14+,16-,18+/m0/s1. The summed E-state index contributed by atoms with van der Waals surface area (Å²) in [6, 6.07) is 9.46. The Morgan fingerprint density at radius 2 is 2.00 bits per heavy atom. The van der Waals surface area contributed by atoms with Crippen LogP contribution < -0.4 is 0 Å². The van der Waals surface area contributed by atoms with Crippen molar-refractivity contribution in [1.82, 2.24) is 4.90 Å². The van der Waals surface area contributed by atoms with Crippen LogP contribution in [0.4, 0.5) is 0 Å². The van der Waals surface area contributed by atoms with Crippen molar-refractivity contribution in [1.29, 1.82) is 0 Å². The second kappa shape index (κ2) is 4.85. The number of benzene rings is 1. The molecule has 2 aliphatic rings. The minimum Gasteiger partial charge on any atom is -0.309 e. The van der Waals surface area contributed by atoms with E-state index in [0.29, 0.717) is 0 Å². The Hall–Kier alpha value is -0.860. The summed E-state index contributed by atoms with van der Waals surface area (Å²) >= 11 is 1.89. The van der Waals surface area contributed by atoms with Crippen molar-refractivity contribution >= 4 is 21.4 Å². The Balaban J connectivity index is 1.70. The number of rotatable bonds is 3. The van der Waals surface area contributed by atoms with E-state index < -0.39 is 0 Å². The SMILES string of the molecule is CN(C)C[C@H]1[C@H]2CC[C@H](C2)[C@@H]1c1ccc2ccsc2c1. The van der Waals surface area contributed by atoms with Gasteiger partial charge in [0.2, 0.25) is 0 Å². The molecule has 2 heteroatoms. The van der Waals surface area contributed by atoms with E-state index in [-0.39, 0.29) is 0 Å². The number of fused-ring (bicyclic) bond motifs is 3. The molecule has 20 heavy (non-hydrogen) atoms. The fraction of sp³-hybridized carbons (Fsp3) is 0.556. The molecule has 1 heterocycles. The molecule has 0 radical (unpaired) electrons. The highest BCUT2D eigenvalue weighted by Gasteiger charge is 2.47. The third-order valence-corrected chi connectivity index (χ3v) is 6.41. The first-order valence-electron chi connectivity index (χ1n) is 7.84. The minimum atomic E-state index is 0.808. The largest absolute Gasteiger partial charge is 0.309 e. The molecule has 2 saturated carbocycles. The lowest BCUT2D eigenvalue weighted by Crippen LogP contribution is -2.30. The van der Waals surface area contributed by atoms with Gasteiger partial charge in [-0.1, -0.05) is 12.1 Å². The molecule has 2 fully saturated rings. The van der Waals surface area contributed by atoms with Crippen LogP contribution >= 0.6 is 11.3 Å². The highest BCUT2D eigenvalue weighted by molar-refractivity contribution is 7.17. The molecule has 0 spiro atoms. The van der Waals surface area contributed by atoms with Gasteiger partial charge in [0, 0.05) is 11.2 Å². The summed E-state index contributed by atoms with van der Waals surface area (Å²) in [5, 5.41) is 3.62. The van der Waals surface area contributed by atoms with Crippen LogP contribution in [-0.4, -0.2) is 25.5 Å². The zero-order valence-electron chi connectivity index (χ0n) is 12.4. The van der Waals surface area contributed by atoms with Crippen molar-refractivity contribution < 1.29 is 0 Å². The molecule has 4 rings (SSSR count). The molecular weight excluding hydrogens is 262 g/mol. The second-order valence-electron chi connectivity index (χ2n) is 7.00. The van der Waals surface area contributed by atoms with Crippen molar-refractivity contribution in [3.05, 3.63) is 35.2 Å². The lowest BCUT2D eigenvalue weighted by atomic mass is 9.75. The first kappa shape index (κ1) is 12.8. The molecule has 1 nitrogen and oxygen atoms in total. The summed E-state index contributed by atoms with van der Waals surface area (Å²) in [6.45, 7) is 1.26. The van der Waals surface area contributed by atoms with Crippen LogP contribution in [0.15, 0.2) is 29.6 Å². The zero-order valence-corrected chi connectivity index (χ0v) is 13.2. The molecule has 0 amide bonds. The Morgan fingerprint density at radius 1 is 1.15 bits per heavy atom. The van der Waals surface area contributed by atoms with Crippen molar-refractivity contribution in [3.63, 3.8) is 0 Å². The molecule has 1 aromatic heterocycles. The number of thiophene rings is 1. The summed E-state index contributed by atoms with van der Waals surface area (Å²) in [4.78, 5) is 2.39. The van der Waals surface area contributed by atoms with Gasteiger partial charge in [-0.2, -0.15) is 0 Å². The number of hydrogen-bond acceptors (Lipinski definition) is 2. The van der Waals surface area contributed by atoms with E-state index >= 15 is 0 Å². The van der Waals surface area contributed by atoms with Gasteiger partial charge in [0.15, 0.2) is 0 Å². The van der Waals surface area contributed by atoms with E-state index in [1.807, 2.05) is 11.3 Å². The van der Waals surface area contributed by atoms with Gasteiger partial charge in [-0.25, -0.2) is 0 Å². The van der Waals surface area contributed by atoms with Crippen molar-refractivity contribution in [2.45, 2.75) is 25.2 Å². The summed E-state index contributed by atoms with van der Waals surface area (Å²) in [7, 11) is 4.46. The first-order valence-corrected chi connectivity index (χ1v) is 8.72. The summed E-state index contributed by atoms with van der Waals surface area (Å²) in [5.41, 5.74) is 1.61. The maximum atomic E-state index is 2.48. The van der Waals surface area contributed by atoms with Crippen LogP contribution in [0.1, 0.15) is 30.7 Å². The highest BCUT2D eigenvalue weighted by atomic mass is 32.1. The molecule has 0 N–H and O–H groups in total. The van der Waals surface area contributed by atoms with Gasteiger partial charge in [-0.15, -0.1) is 11.3 Å². The van der Waals surface area contributed by atoms with Gasteiger partial charge >= 0.3 is 0 Å². The average molecular weight is 285 g/mol. The minimum absolute atomic E-state index is 0.808. The lowest BCUT2D eigenvalue weighted by Gasteiger charge is -2.33. The maximum absolute atomic E-state index is 2.48. The highest BCUT2D eigenvalue weighted by Crippen LogP contribution is 2.57. The van der Waals surface area contributed by atoms with E-state index in [9.17, 15) is 0 Å². The molecule has 0 unspecified atom stereocenters. The van der Waals surface area contributed by atoms with Crippen molar-refractivity contribution in [3.8, 4) is 0 Å². The average Bonchev–Trinajstić information content (AvgIpc) is 3.12. The zero-order chi connectivity index (χ0) is 13.7. The van der Waals surface area contributed by atoms with Gasteiger partial charge in [0.1, 0.15) is 0 Å². The predicted molar refractivity (Wildman–Crippen MR) is 87.4 cm³/mol. The van der Waals surface area contributed by atoms with Gasteiger partial charge in [-0.05, 0) is 85.5 Å². The molecule has 2 aliphatic carbocycles. The van der Waals surface area contributed by atoms with Crippen LogP contribution in [0.3, 0.4) is 0 Å². The van der Waals surface area contributed by atoms with Crippen molar-refractivity contribution in [2.75, 3.05) is 20.6 Å². The van der Waals surface area contributed by atoms with Gasteiger partial charge in [0.05, 0.1) is 0 Å². The molecule has 2 bridgehead atoms. The Morgan fingerprint density at radius 3 is 2.85 bits per heavy atom. The molecule has 1 aromatic carbocycles. The Labute approximate surface area is 125 Å². The predicted octanol–water partition coefficient (Wildman–Crippen LogP) is 4.59.